The van der Waals surface area contributed by atoms with E-state index in [-0.39, 0.29) is 5.56 Å². The van der Waals surface area contributed by atoms with Gasteiger partial charge < -0.3 is 10.4 Å². The fourth-order valence-electron chi connectivity index (χ4n) is 2.13. The lowest BCUT2D eigenvalue weighted by Gasteiger charge is -2.09. The minimum absolute atomic E-state index is 0.187. The van der Waals surface area contributed by atoms with Gasteiger partial charge in [0.2, 0.25) is 0 Å². The molecule has 7 heteroatoms. The largest absolute Gasteiger partial charge is 0.478 e. The summed E-state index contributed by atoms with van der Waals surface area (Å²) in [6.07, 6.45) is 2.98. The summed E-state index contributed by atoms with van der Waals surface area (Å²) in [5, 5.41) is 17.9. The van der Waals surface area contributed by atoms with E-state index in [0.29, 0.717) is 23.6 Å². The zero-order chi connectivity index (χ0) is 14.8. The molecule has 0 radical (unpaired) electrons. The van der Waals surface area contributed by atoms with Crippen molar-refractivity contribution in [1.82, 2.24) is 19.7 Å². The van der Waals surface area contributed by atoms with E-state index in [4.69, 9.17) is 0 Å². The molecule has 3 rings (SSSR count). The molecule has 0 aliphatic heterocycles. The summed E-state index contributed by atoms with van der Waals surface area (Å²) in [4.78, 5) is 19.5. The van der Waals surface area contributed by atoms with Crippen LogP contribution in [0.1, 0.15) is 16.2 Å². The summed E-state index contributed by atoms with van der Waals surface area (Å²) in [5.74, 6) is 0.269. The Kier molecular flexibility index (Phi) is 3.23. The Balaban J connectivity index is 1.96. The van der Waals surface area contributed by atoms with Gasteiger partial charge in [-0.25, -0.2) is 14.8 Å². The van der Waals surface area contributed by atoms with Crippen LogP contribution in [0.25, 0.3) is 10.8 Å². The van der Waals surface area contributed by atoms with Gasteiger partial charge in [-0.2, -0.15) is 5.10 Å². The van der Waals surface area contributed by atoms with Crippen LogP contribution in [-0.4, -0.2) is 30.8 Å². The number of carboxylic acids is 1. The van der Waals surface area contributed by atoms with Gasteiger partial charge in [0.05, 0.1) is 12.1 Å². The second-order valence-corrected chi connectivity index (χ2v) is 4.56. The van der Waals surface area contributed by atoms with E-state index in [1.54, 1.807) is 30.2 Å². The van der Waals surface area contributed by atoms with Gasteiger partial charge in [-0.05, 0) is 0 Å². The maximum atomic E-state index is 11.2. The first kappa shape index (κ1) is 13.0. The molecule has 3 aromatic rings. The first-order valence-corrected chi connectivity index (χ1v) is 6.34. The van der Waals surface area contributed by atoms with Gasteiger partial charge in [-0.15, -0.1) is 0 Å². The van der Waals surface area contributed by atoms with Crippen molar-refractivity contribution in [2.45, 2.75) is 6.54 Å². The average Bonchev–Trinajstić information content (AvgIpc) is 2.90. The molecule has 0 bridgehead atoms. The van der Waals surface area contributed by atoms with Crippen molar-refractivity contribution in [3.63, 3.8) is 0 Å². The number of rotatable bonds is 4. The molecular formula is C14H13N5O2. The third-order valence-electron chi connectivity index (χ3n) is 3.09. The van der Waals surface area contributed by atoms with Gasteiger partial charge in [0.25, 0.3) is 0 Å². The summed E-state index contributed by atoms with van der Waals surface area (Å²) in [5.41, 5.74) is 0.187. The molecule has 1 aromatic carbocycles. The molecule has 0 amide bonds. The Morgan fingerprint density at radius 3 is 2.71 bits per heavy atom. The highest BCUT2D eigenvalue weighted by molar-refractivity contribution is 6.06. The van der Waals surface area contributed by atoms with E-state index in [1.807, 2.05) is 12.1 Å². The molecule has 21 heavy (non-hydrogen) atoms. The Morgan fingerprint density at radius 2 is 2.05 bits per heavy atom. The minimum atomic E-state index is -0.989. The number of carboxylic acid groups (broad SMARTS) is 1. The predicted molar refractivity (Wildman–Crippen MR) is 77.0 cm³/mol. The number of fused-ring (bicyclic) bond motifs is 1. The third-order valence-corrected chi connectivity index (χ3v) is 3.09. The van der Waals surface area contributed by atoms with E-state index in [9.17, 15) is 9.90 Å². The Morgan fingerprint density at radius 1 is 1.29 bits per heavy atom. The summed E-state index contributed by atoms with van der Waals surface area (Å²) in [7, 11) is 1.80. The number of aromatic carboxylic acids is 1. The van der Waals surface area contributed by atoms with Crippen molar-refractivity contribution in [2.24, 2.45) is 7.05 Å². The molecule has 0 aliphatic rings. The summed E-state index contributed by atoms with van der Waals surface area (Å²) < 4.78 is 1.62. The summed E-state index contributed by atoms with van der Waals surface area (Å²) >= 11 is 0. The Labute approximate surface area is 120 Å². The number of nitrogens with one attached hydrogen (secondary N) is 1. The molecule has 0 spiro atoms. The summed E-state index contributed by atoms with van der Waals surface area (Å²) in [6, 6.07) is 7.26. The van der Waals surface area contributed by atoms with Crippen LogP contribution in [0.3, 0.4) is 0 Å². The molecule has 2 N–H and O–H groups in total. The molecule has 0 unspecified atom stereocenters. The van der Waals surface area contributed by atoms with Crippen LogP contribution in [0, 0.1) is 0 Å². The van der Waals surface area contributed by atoms with Crippen LogP contribution in [0.2, 0.25) is 0 Å². The smallest absolute Gasteiger partial charge is 0.337 e. The van der Waals surface area contributed by atoms with E-state index in [0.717, 1.165) is 5.39 Å². The first-order chi connectivity index (χ1) is 10.1. The van der Waals surface area contributed by atoms with Crippen molar-refractivity contribution < 1.29 is 9.90 Å². The van der Waals surface area contributed by atoms with Crippen LogP contribution in [-0.2, 0) is 13.6 Å². The molecular weight excluding hydrogens is 270 g/mol. The number of hydrogen-bond donors (Lipinski definition) is 2. The van der Waals surface area contributed by atoms with Crippen LogP contribution in [0.5, 0.6) is 0 Å². The Hall–Kier alpha value is -2.96. The fraction of sp³-hybridized carbons (Fsp3) is 0.143. The molecule has 0 atom stereocenters. The molecule has 0 fully saturated rings. The monoisotopic (exact) mass is 283 g/mol. The molecule has 0 aliphatic carbocycles. The molecule has 7 nitrogen and oxygen atoms in total. The number of aromatic nitrogens is 4. The van der Waals surface area contributed by atoms with Crippen molar-refractivity contribution in [3.05, 3.63) is 48.2 Å². The van der Waals surface area contributed by atoms with Gasteiger partial charge in [0.15, 0.2) is 5.82 Å². The number of aryl methyl sites for hydroxylation is 1. The predicted octanol–water partition coefficient (Wildman–Crippen LogP) is 1.67. The number of nitrogens with zero attached hydrogens (tertiary/aromatic N) is 4. The SMILES string of the molecule is Cn1cnc(CNc2ncc(C(=O)O)c3ccccc23)n1. The van der Waals surface area contributed by atoms with Gasteiger partial charge >= 0.3 is 5.97 Å². The molecule has 106 valence electrons. The number of pyridine rings is 1. The highest BCUT2D eigenvalue weighted by atomic mass is 16.4. The lowest BCUT2D eigenvalue weighted by molar-refractivity contribution is 0.0698. The van der Waals surface area contributed by atoms with Gasteiger partial charge in [0.1, 0.15) is 12.1 Å². The van der Waals surface area contributed by atoms with Crippen molar-refractivity contribution in [1.29, 1.82) is 0 Å². The zero-order valence-corrected chi connectivity index (χ0v) is 11.3. The second-order valence-electron chi connectivity index (χ2n) is 4.56. The molecule has 2 aromatic heterocycles. The van der Waals surface area contributed by atoms with Gasteiger partial charge in [-0.3, -0.25) is 4.68 Å². The maximum absolute atomic E-state index is 11.2. The van der Waals surface area contributed by atoms with Crippen molar-refractivity contribution >= 4 is 22.6 Å². The van der Waals surface area contributed by atoms with Gasteiger partial charge in [0, 0.05) is 24.0 Å². The summed E-state index contributed by atoms with van der Waals surface area (Å²) in [6.45, 7) is 0.421. The lowest BCUT2D eigenvalue weighted by Crippen LogP contribution is -2.06. The number of anilines is 1. The van der Waals surface area contributed by atoms with Crippen LogP contribution < -0.4 is 5.32 Å². The number of hydrogen-bond acceptors (Lipinski definition) is 5. The molecule has 2 heterocycles. The van der Waals surface area contributed by atoms with Crippen LogP contribution in [0.4, 0.5) is 5.82 Å². The first-order valence-electron chi connectivity index (χ1n) is 6.34. The van der Waals surface area contributed by atoms with Gasteiger partial charge in [-0.1, -0.05) is 24.3 Å². The second kappa shape index (κ2) is 5.20. The van der Waals surface area contributed by atoms with E-state index >= 15 is 0 Å². The Bertz CT molecular complexity index is 812. The van der Waals surface area contributed by atoms with Crippen molar-refractivity contribution in [2.75, 3.05) is 5.32 Å². The highest BCUT2D eigenvalue weighted by Crippen LogP contribution is 2.24. The van der Waals surface area contributed by atoms with E-state index in [1.165, 1.54) is 6.20 Å². The molecule has 0 saturated heterocycles. The standard InChI is InChI=1S/C14H13N5O2/c1-19-8-17-12(18-19)7-16-13-10-5-3-2-4-9(10)11(6-15-13)14(20)21/h2-6,8H,7H2,1H3,(H,15,16)(H,20,21). The quantitative estimate of drug-likeness (QED) is 0.756. The average molecular weight is 283 g/mol. The molecule has 0 saturated carbocycles. The topological polar surface area (TPSA) is 92.9 Å². The highest BCUT2D eigenvalue weighted by Gasteiger charge is 2.12. The number of carbonyl (C=O) groups is 1. The van der Waals surface area contributed by atoms with E-state index in [2.05, 4.69) is 20.4 Å². The normalized spacial score (nSPS) is 10.7. The van der Waals surface area contributed by atoms with Crippen molar-refractivity contribution in [3.8, 4) is 0 Å². The fourth-order valence-corrected chi connectivity index (χ4v) is 2.13. The minimum Gasteiger partial charge on any atom is -0.478 e. The number of benzene rings is 1. The van der Waals surface area contributed by atoms with Crippen LogP contribution >= 0.6 is 0 Å². The van der Waals surface area contributed by atoms with Crippen LogP contribution in [0.15, 0.2) is 36.8 Å². The third kappa shape index (κ3) is 2.53. The maximum Gasteiger partial charge on any atom is 0.337 e. The van der Waals surface area contributed by atoms with E-state index < -0.39 is 5.97 Å². The zero-order valence-electron chi connectivity index (χ0n) is 11.3. The lowest BCUT2D eigenvalue weighted by atomic mass is 10.1.